The first-order chi connectivity index (χ1) is 13.9. The summed E-state index contributed by atoms with van der Waals surface area (Å²) in [7, 11) is 1.30. The summed E-state index contributed by atoms with van der Waals surface area (Å²) >= 11 is 0. The second kappa shape index (κ2) is 8.77. The molecule has 0 atom stereocenters. The number of aromatic nitrogens is 1. The molecule has 1 aliphatic rings. The van der Waals surface area contributed by atoms with Crippen molar-refractivity contribution in [3.8, 4) is 0 Å². The number of carbonyl (C=O) groups is 3. The Kier molecular flexibility index (Phi) is 6.16. The van der Waals surface area contributed by atoms with E-state index in [0.717, 1.165) is 11.3 Å². The van der Waals surface area contributed by atoms with Gasteiger partial charge in [0.15, 0.2) is 6.61 Å². The van der Waals surface area contributed by atoms with E-state index >= 15 is 0 Å². The van der Waals surface area contributed by atoms with E-state index < -0.39 is 24.5 Å². The van der Waals surface area contributed by atoms with Crippen molar-refractivity contribution in [1.82, 2.24) is 4.57 Å². The highest BCUT2D eigenvalue weighted by atomic mass is 16.5. The Morgan fingerprint density at radius 2 is 1.86 bits per heavy atom. The molecule has 1 N–H and O–H groups in total. The molecule has 7 nitrogen and oxygen atoms in total. The number of benzene rings is 1. The smallest absolute Gasteiger partial charge is 0.337 e. The maximum absolute atomic E-state index is 11.9. The van der Waals surface area contributed by atoms with Gasteiger partial charge in [-0.3, -0.25) is 4.79 Å². The van der Waals surface area contributed by atoms with Crippen molar-refractivity contribution in [2.24, 2.45) is 0 Å². The maximum Gasteiger partial charge on any atom is 0.337 e. The highest BCUT2D eigenvalue weighted by Gasteiger charge is 2.26. The van der Waals surface area contributed by atoms with E-state index in [-0.39, 0.29) is 0 Å². The molecule has 29 heavy (non-hydrogen) atoms. The van der Waals surface area contributed by atoms with Gasteiger partial charge in [-0.05, 0) is 68.7 Å². The number of rotatable bonds is 7. The van der Waals surface area contributed by atoms with E-state index in [1.807, 2.05) is 13.0 Å². The second-order valence-electron chi connectivity index (χ2n) is 6.99. The lowest BCUT2D eigenvalue weighted by atomic mass is 10.2. The number of carbonyl (C=O) groups excluding carboxylic acids is 3. The highest BCUT2D eigenvalue weighted by Crippen LogP contribution is 2.38. The summed E-state index contributed by atoms with van der Waals surface area (Å²) in [6, 6.07) is 8.84. The summed E-state index contributed by atoms with van der Waals surface area (Å²) in [5.74, 6) is -1.51. The molecule has 1 aromatic carbocycles. The van der Waals surface area contributed by atoms with Gasteiger partial charge in [-0.15, -0.1) is 0 Å². The van der Waals surface area contributed by atoms with E-state index in [0.29, 0.717) is 17.3 Å². The zero-order chi connectivity index (χ0) is 21.0. The Labute approximate surface area is 169 Å². The van der Waals surface area contributed by atoms with E-state index in [2.05, 4.69) is 21.5 Å². The van der Waals surface area contributed by atoms with Gasteiger partial charge in [0.1, 0.15) is 0 Å². The Balaban J connectivity index is 1.49. The number of amides is 1. The van der Waals surface area contributed by atoms with Crippen LogP contribution in [0.5, 0.6) is 0 Å². The van der Waals surface area contributed by atoms with Gasteiger partial charge in [0, 0.05) is 29.2 Å². The van der Waals surface area contributed by atoms with Crippen LogP contribution in [0, 0.1) is 13.8 Å². The molecule has 1 fully saturated rings. The zero-order valence-corrected chi connectivity index (χ0v) is 16.7. The average molecular weight is 396 g/mol. The van der Waals surface area contributed by atoms with Crippen LogP contribution in [0.25, 0.3) is 6.08 Å². The summed E-state index contributed by atoms with van der Waals surface area (Å²) in [5.41, 5.74) is 4.14. The lowest BCUT2D eigenvalue weighted by Crippen LogP contribution is -2.20. The molecular formula is C22H24N2O5. The molecule has 152 valence electrons. The molecule has 7 heteroatoms. The van der Waals surface area contributed by atoms with Crippen molar-refractivity contribution in [2.45, 2.75) is 32.7 Å². The first kappa shape index (κ1) is 20.4. The molecule has 0 unspecified atom stereocenters. The fraction of sp³-hybridized carbons (Fsp3) is 0.318. The van der Waals surface area contributed by atoms with Crippen LogP contribution in [0.2, 0.25) is 0 Å². The number of hydrogen-bond acceptors (Lipinski definition) is 5. The van der Waals surface area contributed by atoms with Crippen molar-refractivity contribution in [3.05, 3.63) is 58.9 Å². The van der Waals surface area contributed by atoms with Crippen molar-refractivity contribution < 1.29 is 23.9 Å². The molecule has 1 amide bonds. The minimum absolute atomic E-state index is 0.378. The van der Waals surface area contributed by atoms with Crippen molar-refractivity contribution in [3.63, 3.8) is 0 Å². The van der Waals surface area contributed by atoms with Gasteiger partial charge in [-0.2, -0.15) is 0 Å². The predicted molar refractivity (Wildman–Crippen MR) is 109 cm³/mol. The SMILES string of the molecule is COC(=O)c1ccc(NC(=O)COC(=O)/C=C/c2cc(C)n(C3CC3)c2C)cc1. The molecule has 0 bridgehead atoms. The van der Waals surface area contributed by atoms with Crippen LogP contribution in [0.3, 0.4) is 0 Å². The quantitative estimate of drug-likeness (QED) is 0.572. The third-order valence-corrected chi connectivity index (χ3v) is 4.77. The first-order valence-corrected chi connectivity index (χ1v) is 9.40. The zero-order valence-electron chi connectivity index (χ0n) is 16.7. The molecule has 1 saturated carbocycles. The number of anilines is 1. The Morgan fingerprint density at radius 3 is 2.48 bits per heavy atom. The number of nitrogens with one attached hydrogen (secondary N) is 1. The molecule has 0 saturated heterocycles. The highest BCUT2D eigenvalue weighted by molar-refractivity contribution is 5.95. The molecule has 1 aliphatic carbocycles. The van der Waals surface area contributed by atoms with Crippen molar-refractivity contribution in [2.75, 3.05) is 19.0 Å². The van der Waals surface area contributed by atoms with Gasteiger partial charge in [-0.25, -0.2) is 9.59 Å². The number of hydrogen-bond donors (Lipinski definition) is 1. The molecular weight excluding hydrogens is 372 g/mol. The number of nitrogens with zero attached hydrogens (tertiary/aromatic N) is 1. The van der Waals surface area contributed by atoms with E-state index in [9.17, 15) is 14.4 Å². The van der Waals surface area contributed by atoms with Crippen LogP contribution < -0.4 is 5.32 Å². The normalized spacial score (nSPS) is 13.3. The molecule has 1 aromatic heterocycles. The topological polar surface area (TPSA) is 86.6 Å². The summed E-state index contributed by atoms with van der Waals surface area (Å²) in [6.45, 7) is 3.70. The second-order valence-corrected chi connectivity index (χ2v) is 6.99. The summed E-state index contributed by atoms with van der Waals surface area (Å²) in [5, 5.41) is 2.60. The summed E-state index contributed by atoms with van der Waals surface area (Å²) in [4.78, 5) is 35.3. The van der Waals surface area contributed by atoms with E-state index in [4.69, 9.17) is 4.74 Å². The fourth-order valence-electron chi connectivity index (χ4n) is 3.21. The van der Waals surface area contributed by atoms with Crippen LogP contribution in [-0.4, -0.2) is 36.1 Å². The lowest BCUT2D eigenvalue weighted by Gasteiger charge is -2.07. The Bertz CT molecular complexity index is 952. The molecule has 1 heterocycles. The average Bonchev–Trinajstić information content (AvgIpc) is 3.50. The third kappa shape index (κ3) is 5.13. The maximum atomic E-state index is 11.9. The van der Waals surface area contributed by atoms with Crippen LogP contribution >= 0.6 is 0 Å². The van der Waals surface area contributed by atoms with E-state index in [1.165, 1.54) is 43.9 Å². The lowest BCUT2D eigenvalue weighted by molar-refractivity contribution is -0.142. The monoisotopic (exact) mass is 396 g/mol. The largest absolute Gasteiger partial charge is 0.465 e. The van der Waals surface area contributed by atoms with Crippen LogP contribution in [0.1, 0.15) is 46.2 Å². The summed E-state index contributed by atoms with van der Waals surface area (Å²) in [6.07, 6.45) is 5.44. The number of methoxy groups -OCH3 is 1. The first-order valence-electron chi connectivity index (χ1n) is 9.40. The van der Waals surface area contributed by atoms with Gasteiger partial charge in [0.25, 0.3) is 5.91 Å². The predicted octanol–water partition coefficient (Wildman–Crippen LogP) is 3.42. The van der Waals surface area contributed by atoms with Gasteiger partial charge in [0.05, 0.1) is 12.7 Å². The fourth-order valence-corrected chi connectivity index (χ4v) is 3.21. The Hall–Kier alpha value is -3.35. The van der Waals surface area contributed by atoms with E-state index in [1.54, 1.807) is 18.2 Å². The molecule has 2 aromatic rings. The molecule has 0 aliphatic heterocycles. The molecule has 0 radical (unpaired) electrons. The third-order valence-electron chi connectivity index (χ3n) is 4.77. The van der Waals surface area contributed by atoms with Gasteiger partial charge in [0.2, 0.25) is 0 Å². The minimum atomic E-state index is -0.586. The van der Waals surface area contributed by atoms with Gasteiger partial charge in [-0.1, -0.05) is 0 Å². The number of esters is 2. The van der Waals surface area contributed by atoms with Crippen LogP contribution in [0.15, 0.2) is 36.4 Å². The van der Waals surface area contributed by atoms with Crippen LogP contribution in [-0.2, 0) is 19.1 Å². The molecule has 3 rings (SSSR count). The Morgan fingerprint density at radius 1 is 1.17 bits per heavy atom. The van der Waals surface area contributed by atoms with Crippen molar-refractivity contribution in [1.29, 1.82) is 0 Å². The number of ether oxygens (including phenoxy) is 2. The minimum Gasteiger partial charge on any atom is -0.465 e. The number of aryl methyl sites for hydroxylation is 1. The molecule has 0 spiro atoms. The van der Waals surface area contributed by atoms with Crippen molar-refractivity contribution >= 4 is 29.6 Å². The van der Waals surface area contributed by atoms with Crippen LogP contribution in [0.4, 0.5) is 5.69 Å². The van der Waals surface area contributed by atoms with Gasteiger partial charge >= 0.3 is 11.9 Å². The summed E-state index contributed by atoms with van der Waals surface area (Å²) < 4.78 is 11.9. The standard InChI is InChI=1S/C22H24N2O5/c1-14-12-17(15(2)24(14)19-9-10-19)6-11-21(26)29-13-20(25)23-18-7-4-16(5-8-18)22(27)28-3/h4-8,11-12,19H,9-10,13H2,1-3H3,(H,23,25)/b11-6+. The van der Waals surface area contributed by atoms with Gasteiger partial charge < -0.3 is 19.4 Å².